The van der Waals surface area contributed by atoms with Crippen LogP contribution >= 0.6 is 0 Å². The van der Waals surface area contributed by atoms with Crippen LogP contribution in [0.2, 0.25) is 0 Å². The molecule has 0 saturated carbocycles. The Morgan fingerprint density at radius 2 is 1.75 bits per heavy atom. The maximum Gasteiger partial charge on any atom is 0.330 e. The molecule has 0 aliphatic rings. The molecule has 0 bridgehead atoms. The van der Waals surface area contributed by atoms with Gasteiger partial charge in [0.15, 0.2) is 0 Å². The molecule has 0 fully saturated rings. The van der Waals surface area contributed by atoms with E-state index in [1.807, 2.05) is 0 Å². The van der Waals surface area contributed by atoms with E-state index in [0.717, 1.165) is 31.6 Å². The molecule has 0 unspecified atom stereocenters. The molecule has 0 N–H and O–H groups in total. The molecule has 0 aromatic rings. The second kappa shape index (κ2) is 8.29. The van der Waals surface area contributed by atoms with E-state index in [-0.39, 0.29) is 6.61 Å². The first-order chi connectivity index (χ1) is 7.45. The molecule has 0 spiro atoms. The zero-order valence-corrected chi connectivity index (χ0v) is 10.3. The van der Waals surface area contributed by atoms with E-state index in [1.165, 1.54) is 0 Å². The maximum absolute atomic E-state index is 10.6. The highest BCUT2D eigenvalue weighted by Crippen LogP contribution is 2.01. The molecule has 0 radical (unpaired) electrons. The second-order valence-corrected chi connectivity index (χ2v) is 4.96. The molecular weight excluding hydrogens is 232 g/mol. The van der Waals surface area contributed by atoms with Crippen molar-refractivity contribution in [3.63, 3.8) is 0 Å². The van der Waals surface area contributed by atoms with Gasteiger partial charge in [-0.2, -0.15) is 8.42 Å². The van der Waals surface area contributed by atoms with Crippen molar-refractivity contribution in [3.05, 3.63) is 12.7 Å². The Hall–Kier alpha value is -0.880. The first-order valence-corrected chi connectivity index (χ1v) is 6.91. The molecule has 0 aromatic carbocycles. The summed E-state index contributed by atoms with van der Waals surface area (Å²) in [5.41, 5.74) is 0. The minimum Gasteiger partial charge on any atom is -0.463 e. The van der Waals surface area contributed by atoms with Gasteiger partial charge >= 0.3 is 5.97 Å². The van der Waals surface area contributed by atoms with E-state index in [1.54, 1.807) is 0 Å². The smallest absolute Gasteiger partial charge is 0.330 e. The van der Waals surface area contributed by atoms with Crippen molar-refractivity contribution >= 4 is 16.1 Å². The number of ether oxygens (including phenoxy) is 1. The number of carbonyl (C=O) groups excluding carboxylic acids is 1. The molecule has 0 aliphatic heterocycles. The van der Waals surface area contributed by atoms with E-state index in [0.29, 0.717) is 13.0 Å². The van der Waals surface area contributed by atoms with Crippen LogP contribution in [-0.2, 0) is 23.8 Å². The van der Waals surface area contributed by atoms with E-state index in [4.69, 9.17) is 4.74 Å². The predicted molar refractivity (Wildman–Crippen MR) is 60.4 cm³/mol. The van der Waals surface area contributed by atoms with Crippen LogP contribution in [0.15, 0.2) is 12.7 Å². The molecule has 0 saturated heterocycles. The summed E-state index contributed by atoms with van der Waals surface area (Å²) in [7, 11) is -3.32. The van der Waals surface area contributed by atoms with Crippen molar-refractivity contribution in [3.8, 4) is 0 Å². The Morgan fingerprint density at radius 1 is 1.19 bits per heavy atom. The summed E-state index contributed by atoms with van der Waals surface area (Å²) < 4.78 is 30.5. The fraction of sp³-hybridized carbons (Fsp3) is 0.700. The van der Waals surface area contributed by atoms with Gasteiger partial charge in [0, 0.05) is 6.08 Å². The van der Waals surface area contributed by atoms with Crippen molar-refractivity contribution in [2.24, 2.45) is 0 Å². The van der Waals surface area contributed by atoms with Crippen LogP contribution in [-0.4, -0.2) is 33.9 Å². The lowest BCUT2D eigenvalue weighted by Gasteiger charge is -2.02. The summed E-state index contributed by atoms with van der Waals surface area (Å²) in [6.45, 7) is 3.86. The highest BCUT2D eigenvalue weighted by atomic mass is 32.2. The Kier molecular flexibility index (Phi) is 7.84. The number of rotatable bonds is 9. The third-order valence-corrected chi connectivity index (χ3v) is 2.34. The highest BCUT2D eigenvalue weighted by molar-refractivity contribution is 7.85. The van der Waals surface area contributed by atoms with Gasteiger partial charge in [0.2, 0.25) is 0 Å². The van der Waals surface area contributed by atoms with E-state index >= 15 is 0 Å². The van der Waals surface area contributed by atoms with Crippen LogP contribution in [0.5, 0.6) is 0 Å². The fourth-order valence-electron chi connectivity index (χ4n) is 1.000. The average Bonchev–Trinajstić information content (AvgIpc) is 2.20. The number of carbonyl (C=O) groups is 1. The van der Waals surface area contributed by atoms with Gasteiger partial charge in [-0.15, -0.1) is 0 Å². The molecule has 0 rings (SSSR count). The van der Waals surface area contributed by atoms with Crippen LogP contribution in [0.3, 0.4) is 0 Å². The molecule has 0 aliphatic carbocycles. The van der Waals surface area contributed by atoms with Gasteiger partial charge in [0.1, 0.15) is 0 Å². The molecule has 0 amide bonds. The lowest BCUT2D eigenvalue weighted by molar-refractivity contribution is -0.137. The van der Waals surface area contributed by atoms with E-state index in [2.05, 4.69) is 10.8 Å². The van der Waals surface area contributed by atoms with Gasteiger partial charge in [-0.25, -0.2) is 4.79 Å². The molecule has 0 heterocycles. The monoisotopic (exact) mass is 250 g/mol. The summed E-state index contributed by atoms with van der Waals surface area (Å²) in [5.74, 6) is -0.416. The highest BCUT2D eigenvalue weighted by Gasteiger charge is 2.00. The summed E-state index contributed by atoms with van der Waals surface area (Å²) in [6, 6.07) is 0. The van der Waals surface area contributed by atoms with Gasteiger partial charge in [-0.05, 0) is 19.3 Å². The first kappa shape index (κ1) is 15.1. The molecular formula is C10H18O5S. The summed E-state index contributed by atoms with van der Waals surface area (Å²) in [4.78, 5) is 10.6. The first-order valence-electron chi connectivity index (χ1n) is 5.09. The molecule has 6 heteroatoms. The lowest BCUT2D eigenvalue weighted by atomic mass is 10.2. The second-order valence-electron chi connectivity index (χ2n) is 3.31. The zero-order valence-electron chi connectivity index (χ0n) is 9.48. The van der Waals surface area contributed by atoms with Gasteiger partial charge < -0.3 is 4.74 Å². The van der Waals surface area contributed by atoms with Gasteiger partial charge in [-0.3, -0.25) is 4.18 Å². The Balaban J connectivity index is 3.22. The number of esters is 1. The average molecular weight is 250 g/mol. The normalized spacial score (nSPS) is 11.1. The molecule has 0 aromatic heterocycles. The summed E-state index contributed by atoms with van der Waals surface area (Å²) >= 11 is 0. The maximum atomic E-state index is 10.6. The molecule has 94 valence electrons. The summed E-state index contributed by atoms with van der Waals surface area (Å²) in [5, 5.41) is 0. The van der Waals surface area contributed by atoms with Gasteiger partial charge in [0.05, 0.1) is 19.5 Å². The van der Waals surface area contributed by atoms with Crippen LogP contribution < -0.4 is 0 Å². The molecule has 16 heavy (non-hydrogen) atoms. The van der Waals surface area contributed by atoms with Crippen molar-refractivity contribution < 1.29 is 22.1 Å². The van der Waals surface area contributed by atoms with Crippen molar-refractivity contribution in [2.45, 2.75) is 25.7 Å². The van der Waals surface area contributed by atoms with Crippen LogP contribution in [0.4, 0.5) is 0 Å². The Morgan fingerprint density at radius 3 is 2.25 bits per heavy atom. The van der Waals surface area contributed by atoms with Gasteiger partial charge in [0.25, 0.3) is 10.1 Å². The van der Waals surface area contributed by atoms with Crippen LogP contribution in [0.1, 0.15) is 25.7 Å². The number of hydrogen-bond donors (Lipinski definition) is 0. The number of hydrogen-bond acceptors (Lipinski definition) is 5. The predicted octanol–water partition coefficient (Wildman–Crippen LogP) is 1.25. The van der Waals surface area contributed by atoms with Gasteiger partial charge in [-0.1, -0.05) is 13.0 Å². The Labute approximate surface area is 96.6 Å². The van der Waals surface area contributed by atoms with E-state index in [9.17, 15) is 13.2 Å². The van der Waals surface area contributed by atoms with Crippen LogP contribution in [0, 0.1) is 0 Å². The lowest BCUT2D eigenvalue weighted by Crippen LogP contribution is -2.04. The SMILES string of the molecule is C=CC(=O)OCCCCCCOS(C)(=O)=O. The van der Waals surface area contributed by atoms with Crippen molar-refractivity contribution in [2.75, 3.05) is 19.5 Å². The standard InChI is InChI=1S/C10H18O5S/c1-3-10(11)14-8-6-4-5-7-9-15-16(2,12)13/h3H,1,4-9H2,2H3. The quantitative estimate of drug-likeness (QED) is 0.266. The molecule has 5 nitrogen and oxygen atoms in total. The summed E-state index contributed by atoms with van der Waals surface area (Å²) in [6.07, 6.45) is 5.32. The third-order valence-electron chi connectivity index (χ3n) is 1.75. The minimum absolute atomic E-state index is 0.214. The van der Waals surface area contributed by atoms with E-state index < -0.39 is 16.1 Å². The zero-order chi connectivity index (χ0) is 12.4. The van der Waals surface area contributed by atoms with Crippen molar-refractivity contribution in [1.82, 2.24) is 0 Å². The molecule has 0 atom stereocenters. The topological polar surface area (TPSA) is 69.7 Å². The third kappa shape index (κ3) is 11.2. The Bertz CT molecular complexity index is 307. The largest absolute Gasteiger partial charge is 0.463 e. The number of unbranched alkanes of at least 4 members (excludes halogenated alkanes) is 3. The van der Waals surface area contributed by atoms with Crippen molar-refractivity contribution in [1.29, 1.82) is 0 Å². The van der Waals surface area contributed by atoms with Crippen LogP contribution in [0.25, 0.3) is 0 Å². The fourth-order valence-corrected chi connectivity index (χ4v) is 1.42. The minimum atomic E-state index is -3.32.